The lowest BCUT2D eigenvalue weighted by Crippen LogP contribution is -2.02. The Morgan fingerprint density at radius 3 is 2.70 bits per heavy atom. The summed E-state index contributed by atoms with van der Waals surface area (Å²) >= 11 is 3.14. The van der Waals surface area contributed by atoms with Gasteiger partial charge in [0, 0.05) is 27.9 Å². The predicted molar refractivity (Wildman–Crippen MR) is 75.9 cm³/mol. The Labute approximate surface area is 122 Å². The fourth-order valence-corrected chi connectivity index (χ4v) is 1.91. The highest BCUT2D eigenvalue weighted by Crippen LogP contribution is 2.25. The number of nitrogens with zero attached hydrogens (tertiary/aromatic N) is 1. The number of nitrogen functional groups attached to an aromatic ring is 1. The lowest BCUT2D eigenvalue weighted by Gasteiger charge is -2.09. The summed E-state index contributed by atoms with van der Waals surface area (Å²) in [6, 6.07) is 8.41. The van der Waals surface area contributed by atoms with E-state index in [0.29, 0.717) is 15.7 Å². The molecule has 0 aliphatic rings. The molecule has 0 atom stereocenters. The summed E-state index contributed by atoms with van der Waals surface area (Å²) in [5.41, 5.74) is 6.41. The van der Waals surface area contributed by atoms with Crippen molar-refractivity contribution in [3.8, 4) is 5.75 Å². The zero-order valence-electron chi connectivity index (χ0n) is 10.2. The summed E-state index contributed by atoms with van der Waals surface area (Å²) in [5, 5.41) is 10.7. The van der Waals surface area contributed by atoms with Crippen molar-refractivity contribution in [1.29, 1.82) is 0 Å². The Balaban J connectivity index is 2.18. The number of nitro groups is 1. The first-order valence-electron chi connectivity index (χ1n) is 5.58. The van der Waals surface area contributed by atoms with Crippen molar-refractivity contribution < 1.29 is 14.1 Å². The second-order valence-corrected chi connectivity index (χ2v) is 4.92. The Morgan fingerprint density at radius 1 is 1.30 bits per heavy atom. The molecule has 0 amide bonds. The highest BCUT2D eigenvalue weighted by atomic mass is 79.9. The number of benzene rings is 2. The Kier molecular flexibility index (Phi) is 4.19. The van der Waals surface area contributed by atoms with Gasteiger partial charge in [-0.1, -0.05) is 15.9 Å². The Bertz CT molecular complexity index is 664. The molecule has 7 heteroatoms. The van der Waals surface area contributed by atoms with Gasteiger partial charge < -0.3 is 10.5 Å². The van der Waals surface area contributed by atoms with Gasteiger partial charge in [-0.15, -0.1) is 0 Å². The van der Waals surface area contributed by atoms with Crippen LogP contribution in [0.4, 0.5) is 15.8 Å². The number of hydrogen-bond acceptors (Lipinski definition) is 4. The van der Waals surface area contributed by atoms with Gasteiger partial charge in [0.25, 0.3) is 5.69 Å². The van der Waals surface area contributed by atoms with Crippen LogP contribution in [0.25, 0.3) is 0 Å². The molecule has 0 spiro atoms. The number of non-ortho nitro benzene ring substituents is 1. The molecule has 2 aromatic carbocycles. The summed E-state index contributed by atoms with van der Waals surface area (Å²) in [7, 11) is 0. The highest BCUT2D eigenvalue weighted by Gasteiger charge is 2.11. The molecule has 0 bridgehead atoms. The lowest BCUT2D eigenvalue weighted by molar-refractivity contribution is -0.384. The van der Waals surface area contributed by atoms with Crippen LogP contribution in [0, 0.1) is 15.9 Å². The molecule has 104 valence electrons. The van der Waals surface area contributed by atoms with Crippen molar-refractivity contribution in [3.05, 3.63) is 62.4 Å². The molecular weight excluding hydrogens is 331 g/mol. The molecule has 2 rings (SSSR count). The quantitative estimate of drug-likeness (QED) is 0.523. The zero-order valence-corrected chi connectivity index (χ0v) is 11.8. The smallest absolute Gasteiger partial charge is 0.269 e. The summed E-state index contributed by atoms with van der Waals surface area (Å²) in [6.45, 7) is -0.0495. The topological polar surface area (TPSA) is 78.4 Å². The first-order chi connectivity index (χ1) is 9.47. The van der Waals surface area contributed by atoms with Crippen molar-refractivity contribution in [2.45, 2.75) is 6.61 Å². The van der Waals surface area contributed by atoms with E-state index in [1.165, 1.54) is 30.3 Å². The molecule has 0 saturated carbocycles. The fourth-order valence-electron chi connectivity index (χ4n) is 1.58. The Morgan fingerprint density at radius 2 is 2.05 bits per heavy atom. The first kappa shape index (κ1) is 14.3. The van der Waals surface area contributed by atoms with E-state index in [-0.39, 0.29) is 18.0 Å². The minimum atomic E-state index is -0.525. The molecular formula is C13H10BrFN2O3. The van der Waals surface area contributed by atoms with Gasteiger partial charge in [-0.25, -0.2) is 4.39 Å². The number of anilines is 1. The van der Waals surface area contributed by atoms with E-state index >= 15 is 0 Å². The maximum Gasteiger partial charge on any atom is 0.269 e. The second-order valence-electron chi connectivity index (χ2n) is 4.00. The maximum absolute atomic E-state index is 13.6. The highest BCUT2D eigenvalue weighted by molar-refractivity contribution is 9.10. The van der Waals surface area contributed by atoms with E-state index < -0.39 is 10.7 Å². The van der Waals surface area contributed by atoms with Gasteiger partial charge in [0.15, 0.2) is 11.6 Å². The first-order valence-corrected chi connectivity index (χ1v) is 6.37. The lowest BCUT2D eigenvalue weighted by atomic mass is 10.1. The molecule has 5 nitrogen and oxygen atoms in total. The standard InChI is InChI=1S/C13H10BrFN2O3/c14-9-1-4-13(11(15)6-9)20-7-8-5-10(17(18)19)2-3-12(8)16/h1-6H,7,16H2. The van der Waals surface area contributed by atoms with E-state index in [1.54, 1.807) is 6.07 Å². The minimum Gasteiger partial charge on any atom is -0.486 e. The summed E-state index contributed by atoms with van der Waals surface area (Å²) in [4.78, 5) is 10.2. The molecule has 2 aromatic rings. The SMILES string of the molecule is Nc1ccc([N+](=O)[O-])cc1COc1ccc(Br)cc1F. The molecule has 0 aromatic heterocycles. The third-order valence-electron chi connectivity index (χ3n) is 2.61. The van der Waals surface area contributed by atoms with Gasteiger partial charge >= 0.3 is 0 Å². The van der Waals surface area contributed by atoms with Gasteiger partial charge in [0.05, 0.1) is 4.92 Å². The summed E-state index contributed by atoms with van der Waals surface area (Å²) in [5.74, 6) is -0.470. The van der Waals surface area contributed by atoms with E-state index in [1.807, 2.05) is 0 Å². The van der Waals surface area contributed by atoms with Gasteiger partial charge in [0.2, 0.25) is 0 Å². The van der Waals surface area contributed by atoms with Crippen molar-refractivity contribution >= 4 is 27.3 Å². The molecule has 0 fully saturated rings. The molecule has 0 aliphatic carbocycles. The Hall–Kier alpha value is -2.15. The number of ether oxygens (including phenoxy) is 1. The van der Waals surface area contributed by atoms with Crippen LogP contribution in [0.1, 0.15) is 5.56 Å². The fraction of sp³-hybridized carbons (Fsp3) is 0.0769. The van der Waals surface area contributed by atoms with Crippen LogP contribution >= 0.6 is 15.9 Å². The van der Waals surface area contributed by atoms with Gasteiger partial charge in [-0.2, -0.15) is 0 Å². The van der Waals surface area contributed by atoms with Crippen molar-refractivity contribution in [2.75, 3.05) is 5.73 Å². The van der Waals surface area contributed by atoms with Crippen LogP contribution in [-0.4, -0.2) is 4.92 Å². The molecule has 0 saturated heterocycles. The minimum absolute atomic E-state index is 0.0495. The number of rotatable bonds is 4. The third kappa shape index (κ3) is 3.24. The van der Waals surface area contributed by atoms with Crippen LogP contribution in [0.5, 0.6) is 5.75 Å². The normalized spacial score (nSPS) is 10.3. The van der Waals surface area contributed by atoms with E-state index in [0.717, 1.165) is 0 Å². The van der Waals surface area contributed by atoms with E-state index in [4.69, 9.17) is 10.5 Å². The van der Waals surface area contributed by atoms with Gasteiger partial charge in [0.1, 0.15) is 6.61 Å². The van der Waals surface area contributed by atoms with Crippen LogP contribution < -0.4 is 10.5 Å². The van der Waals surface area contributed by atoms with Gasteiger partial charge in [-0.3, -0.25) is 10.1 Å². The zero-order chi connectivity index (χ0) is 14.7. The van der Waals surface area contributed by atoms with Crippen molar-refractivity contribution in [3.63, 3.8) is 0 Å². The van der Waals surface area contributed by atoms with Gasteiger partial charge in [-0.05, 0) is 24.3 Å². The average molecular weight is 341 g/mol. The van der Waals surface area contributed by atoms with Crippen molar-refractivity contribution in [1.82, 2.24) is 0 Å². The molecule has 0 unspecified atom stereocenters. The maximum atomic E-state index is 13.6. The average Bonchev–Trinajstić information content (AvgIpc) is 2.39. The molecule has 20 heavy (non-hydrogen) atoms. The van der Waals surface area contributed by atoms with Crippen LogP contribution in [0.15, 0.2) is 40.9 Å². The third-order valence-corrected chi connectivity index (χ3v) is 3.11. The molecule has 0 heterocycles. The molecule has 0 radical (unpaired) electrons. The van der Waals surface area contributed by atoms with E-state index in [2.05, 4.69) is 15.9 Å². The van der Waals surface area contributed by atoms with Crippen LogP contribution in [-0.2, 0) is 6.61 Å². The predicted octanol–water partition coefficient (Wildman–Crippen LogP) is 3.66. The molecule has 2 N–H and O–H groups in total. The largest absolute Gasteiger partial charge is 0.486 e. The second kappa shape index (κ2) is 5.87. The molecule has 0 aliphatic heterocycles. The summed E-state index contributed by atoms with van der Waals surface area (Å²) in [6.07, 6.45) is 0. The summed E-state index contributed by atoms with van der Waals surface area (Å²) < 4.78 is 19.5. The number of hydrogen-bond donors (Lipinski definition) is 1. The number of halogens is 2. The monoisotopic (exact) mass is 340 g/mol. The van der Waals surface area contributed by atoms with E-state index in [9.17, 15) is 14.5 Å². The van der Waals surface area contributed by atoms with Crippen molar-refractivity contribution in [2.24, 2.45) is 0 Å². The number of nitrogens with two attached hydrogens (primary N) is 1. The van der Waals surface area contributed by atoms with Crippen LogP contribution in [0.2, 0.25) is 0 Å². The van der Waals surface area contributed by atoms with Crippen LogP contribution in [0.3, 0.4) is 0 Å². The number of nitro benzene ring substituents is 1.